The molecule has 2 aromatic heterocycles. The van der Waals surface area contributed by atoms with Crippen molar-refractivity contribution in [2.45, 2.75) is 6.92 Å². The van der Waals surface area contributed by atoms with E-state index in [2.05, 4.69) is 10.3 Å². The van der Waals surface area contributed by atoms with Crippen LogP contribution in [0.5, 0.6) is 0 Å². The van der Waals surface area contributed by atoms with Crippen molar-refractivity contribution in [3.8, 4) is 0 Å². The number of carbonyl (C=O) groups is 1. The molecular weight excluding hydrogens is 346 g/mol. The largest absolute Gasteiger partial charge is 0.394 e. The van der Waals surface area contributed by atoms with E-state index in [1.165, 1.54) is 29.1 Å². The molecule has 3 aromatic rings. The second kappa shape index (κ2) is 7.46. The van der Waals surface area contributed by atoms with Gasteiger partial charge in [0.15, 0.2) is 5.82 Å². The Morgan fingerprint density at radius 2 is 2.15 bits per heavy atom. The average Bonchev–Trinajstić information content (AvgIpc) is 3.05. The maximum Gasteiger partial charge on any atom is 0.280 e. The summed E-state index contributed by atoms with van der Waals surface area (Å²) < 4.78 is 30.1. The van der Waals surface area contributed by atoms with Gasteiger partial charge in [-0.1, -0.05) is 6.07 Å². The molecule has 9 heteroatoms. The van der Waals surface area contributed by atoms with Gasteiger partial charge in [-0.05, 0) is 24.6 Å². The minimum atomic E-state index is -0.880. The number of hydroxylamine groups is 1. The van der Waals surface area contributed by atoms with Gasteiger partial charge in [-0.25, -0.2) is 19.2 Å². The number of aliphatic hydroxyl groups excluding tert-OH is 1. The molecular formula is C17H16F2N4O3. The predicted octanol–water partition coefficient (Wildman–Crippen LogP) is 2.32. The molecule has 0 atom stereocenters. The first kappa shape index (κ1) is 17.8. The van der Waals surface area contributed by atoms with Gasteiger partial charge in [0.05, 0.1) is 42.6 Å². The molecule has 0 aliphatic rings. The highest BCUT2D eigenvalue weighted by molar-refractivity contribution is 6.03. The first-order chi connectivity index (χ1) is 12.5. The number of aryl methyl sites for hydroxylation is 1. The summed E-state index contributed by atoms with van der Waals surface area (Å²) in [5.74, 6) is -2.28. The number of hydrogen-bond acceptors (Lipinski definition) is 5. The summed E-state index contributed by atoms with van der Waals surface area (Å²) in [4.78, 5) is 21.0. The van der Waals surface area contributed by atoms with E-state index >= 15 is 0 Å². The molecule has 0 fully saturated rings. The topological polar surface area (TPSA) is 87.9 Å². The number of hydrogen-bond donors (Lipinski definition) is 3. The lowest BCUT2D eigenvalue weighted by Gasteiger charge is -2.15. The third-order valence-electron chi connectivity index (χ3n) is 3.63. The number of rotatable bonds is 6. The highest BCUT2D eigenvalue weighted by atomic mass is 19.1. The Balaban J connectivity index is 2.07. The molecule has 136 valence electrons. The van der Waals surface area contributed by atoms with Crippen LogP contribution in [0.4, 0.5) is 20.2 Å². The van der Waals surface area contributed by atoms with Crippen LogP contribution in [0.1, 0.15) is 15.9 Å². The smallest absolute Gasteiger partial charge is 0.280 e. The monoisotopic (exact) mass is 362 g/mol. The van der Waals surface area contributed by atoms with Crippen LogP contribution in [-0.2, 0) is 4.84 Å². The summed E-state index contributed by atoms with van der Waals surface area (Å²) in [6, 6.07) is 4.49. The number of aliphatic hydroxyl groups is 1. The van der Waals surface area contributed by atoms with Gasteiger partial charge in [0.25, 0.3) is 5.91 Å². The first-order valence-electron chi connectivity index (χ1n) is 7.71. The fourth-order valence-electron chi connectivity index (χ4n) is 2.45. The molecule has 0 saturated carbocycles. The number of fused-ring (bicyclic) bond motifs is 1. The highest BCUT2D eigenvalue weighted by Gasteiger charge is 2.22. The van der Waals surface area contributed by atoms with Gasteiger partial charge < -0.3 is 14.8 Å². The molecule has 7 nitrogen and oxygen atoms in total. The molecule has 0 radical (unpaired) electrons. The number of amides is 1. The highest BCUT2D eigenvalue weighted by Crippen LogP contribution is 2.30. The van der Waals surface area contributed by atoms with Crippen LogP contribution >= 0.6 is 0 Å². The zero-order valence-electron chi connectivity index (χ0n) is 13.8. The first-order valence-corrected chi connectivity index (χ1v) is 7.71. The predicted molar refractivity (Wildman–Crippen MR) is 90.1 cm³/mol. The molecule has 0 spiro atoms. The van der Waals surface area contributed by atoms with Crippen LogP contribution < -0.4 is 10.8 Å². The average molecular weight is 362 g/mol. The summed E-state index contributed by atoms with van der Waals surface area (Å²) in [5.41, 5.74) is 2.89. The Hall–Kier alpha value is -3.04. The Labute approximate surface area is 147 Å². The van der Waals surface area contributed by atoms with Crippen molar-refractivity contribution in [2.24, 2.45) is 0 Å². The summed E-state index contributed by atoms with van der Waals surface area (Å²) in [7, 11) is 0. The van der Waals surface area contributed by atoms with Gasteiger partial charge in [-0.3, -0.25) is 9.63 Å². The van der Waals surface area contributed by atoms with Crippen LogP contribution in [0.2, 0.25) is 0 Å². The lowest BCUT2D eigenvalue weighted by molar-refractivity contribution is 0.0166. The lowest BCUT2D eigenvalue weighted by Crippen LogP contribution is -2.27. The molecule has 0 bridgehead atoms. The van der Waals surface area contributed by atoms with Gasteiger partial charge in [0.1, 0.15) is 11.4 Å². The standard InChI is InChI=1S/C17H16F2N4O3/c1-10-2-3-13(11(18)6-10)21-16-14-7-20-9-23(14)8-12(19)15(16)17(25)22-26-5-4-24/h2-3,6-9,21,24H,4-5H2,1H3,(H,22,25). The van der Waals surface area contributed by atoms with E-state index in [9.17, 15) is 13.6 Å². The third-order valence-corrected chi connectivity index (χ3v) is 3.63. The summed E-state index contributed by atoms with van der Waals surface area (Å²) in [6.45, 7) is 1.27. The normalized spacial score (nSPS) is 10.9. The van der Waals surface area contributed by atoms with E-state index in [-0.39, 0.29) is 30.2 Å². The molecule has 1 aromatic carbocycles. The summed E-state index contributed by atoms with van der Waals surface area (Å²) in [5, 5.41) is 11.5. The van der Waals surface area contributed by atoms with Crippen LogP contribution in [0, 0.1) is 18.6 Å². The number of imidazole rings is 1. The summed E-state index contributed by atoms with van der Waals surface area (Å²) >= 11 is 0. The second-order valence-electron chi connectivity index (χ2n) is 5.52. The molecule has 0 saturated heterocycles. The van der Waals surface area contributed by atoms with E-state index in [0.29, 0.717) is 5.52 Å². The Morgan fingerprint density at radius 3 is 2.88 bits per heavy atom. The lowest BCUT2D eigenvalue weighted by atomic mass is 10.1. The van der Waals surface area contributed by atoms with Crippen molar-refractivity contribution < 1.29 is 23.5 Å². The van der Waals surface area contributed by atoms with Crippen LogP contribution in [0.25, 0.3) is 5.52 Å². The van der Waals surface area contributed by atoms with Crippen molar-refractivity contribution in [2.75, 3.05) is 18.5 Å². The molecule has 3 N–H and O–H groups in total. The van der Waals surface area contributed by atoms with Gasteiger partial charge in [0.2, 0.25) is 0 Å². The number of pyridine rings is 1. The van der Waals surface area contributed by atoms with Crippen molar-refractivity contribution in [1.82, 2.24) is 14.9 Å². The molecule has 26 heavy (non-hydrogen) atoms. The number of halogens is 2. The maximum atomic E-state index is 14.5. The van der Waals surface area contributed by atoms with Crippen molar-refractivity contribution in [3.05, 3.63) is 59.7 Å². The quantitative estimate of drug-likeness (QED) is 0.463. The fourth-order valence-corrected chi connectivity index (χ4v) is 2.45. The Morgan fingerprint density at radius 1 is 1.35 bits per heavy atom. The zero-order valence-corrected chi connectivity index (χ0v) is 13.8. The minimum Gasteiger partial charge on any atom is -0.394 e. The molecule has 0 unspecified atom stereocenters. The van der Waals surface area contributed by atoms with Crippen molar-refractivity contribution in [1.29, 1.82) is 0 Å². The molecule has 2 heterocycles. The van der Waals surface area contributed by atoms with Gasteiger partial charge >= 0.3 is 0 Å². The van der Waals surface area contributed by atoms with Gasteiger partial charge in [-0.2, -0.15) is 0 Å². The molecule has 0 aliphatic heterocycles. The van der Waals surface area contributed by atoms with Gasteiger partial charge in [0, 0.05) is 6.20 Å². The second-order valence-corrected chi connectivity index (χ2v) is 5.52. The number of benzene rings is 1. The number of nitrogens with one attached hydrogen (secondary N) is 2. The van der Waals surface area contributed by atoms with E-state index in [4.69, 9.17) is 9.94 Å². The fraction of sp³-hybridized carbons (Fsp3) is 0.176. The van der Waals surface area contributed by atoms with Crippen LogP contribution in [0.15, 0.2) is 36.9 Å². The minimum absolute atomic E-state index is 0.0374. The molecule has 0 aliphatic carbocycles. The molecule has 1 amide bonds. The van der Waals surface area contributed by atoms with E-state index in [1.54, 1.807) is 13.0 Å². The van der Waals surface area contributed by atoms with E-state index in [1.807, 2.05) is 5.48 Å². The maximum absolute atomic E-state index is 14.5. The van der Waals surface area contributed by atoms with Crippen molar-refractivity contribution in [3.63, 3.8) is 0 Å². The van der Waals surface area contributed by atoms with Crippen LogP contribution in [-0.4, -0.2) is 33.6 Å². The summed E-state index contributed by atoms with van der Waals surface area (Å²) in [6.07, 6.45) is 3.86. The number of nitrogens with zero attached hydrogens (tertiary/aromatic N) is 2. The van der Waals surface area contributed by atoms with E-state index < -0.39 is 17.5 Å². The third kappa shape index (κ3) is 3.48. The number of aromatic nitrogens is 2. The zero-order chi connectivity index (χ0) is 18.7. The number of anilines is 2. The molecule has 3 rings (SSSR count). The number of carbonyl (C=O) groups excluding carboxylic acids is 1. The van der Waals surface area contributed by atoms with Gasteiger partial charge in [-0.15, -0.1) is 0 Å². The van der Waals surface area contributed by atoms with Crippen molar-refractivity contribution >= 4 is 22.8 Å². The van der Waals surface area contributed by atoms with E-state index in [0.717, 1.165) is 11.8 Å². The van der Waals surface area contributed by atoms with Crippen LogP contribution in [0.3, 0.4) is 0 Å². The SMILES string of the molecule is Cc1ccc(Nc2c(C(=O)NOCCO)c(F)cn3cncc23)c(F)c1. The Kier molecular flexibility index (Phi) is 5.10. The Bertz CT molecular complexity index is 959.